The summed E-state index contributed by atoms with van der Waals surface area (Å²) in [6.45, 7) is 0.274. The van der Waals surface area contributed by atoms with E-state index < -0.39 is 15.8 Å². The molecule has 11 heteroatoms. The summed E-state index contributed by atoms with van der Waals surface area (Å²) in [5, 5.41) is 16.5. The van der Waals surface area contributed by atoms with Crippen molar-refractivity contribution in [2.45, 2.75) is 44.6 Å². The van der Waals surface area contributed by atoms with Crippen LogP contribution in [0.2, 0.25) is 0 Å². The van der Waals surface area contributed by atoms with Crippen LogP contribution in [-0.4, -0.2) is 41.7 Å². The van der Waals surface area contributed by atoms with Crippen molar-refractivity contribution in [3.05, 3.63) is 35.8 Å². The third-order valence-electron chi connectivity index (χ3n) is 6.17. The predicted molar refractivity (Wildman–Crippen MR) is 125 cm³/mol. The van der Waals surface area contributed by atoms with E-state index in [9.17, 15) is 18.1 Å². The molecule has 0 spiro atoms. The molecule has 0 radical (unpaired) electrons. The van der Waals surface area contributed by atoms with Crippen molar-refractivity contribution in [2.75, 3.05) is 27.2 Å². The average molecular weight is 470 g/mol. The molecule has 3 aromatic rings. The summed E-state index contributed by atoms with van der Waals surface area (Å²) in [5.74, 6) is 0.191. The van der Waals surface area contributed by atoms with Gasteiger partial charge in [0, 0.05) is 24.5 Å². The molecule has 5 rings (SSSR count). The Hall–Kier alpha value is -3.39. The SMILES string of the molecule is N#Cc1c[nH]c2nc(Nc3ccc(N4CCCCS4(=O)=O)c(F)c3)nc(NC3CCCC3)c12. The molecule has 3 N–H and O–H groups in total. The number of hydrogen-bond donors (Lipinski definition) is 3. The standard InChI is InChI=1S/C22H24FN7O2S/c23-17-11-16(7-8-18(17)30-9-3-4-10-33(30,31)32)27-22-28-20-19(14(12-24)13-25-20)21(29-22)26-15-5-1-2-6-15/h7-8,11,13,15H,1-6,9-10H2,(H3,25,26,27,28,29). The lowest BCUT2D eigenvalue weighted by Gasteiger charge is -2.28. The van der Waals surface area contributed by atoms with Crippen molar-refractivity contribution in [3.63, 3.8) is 0 Å². The van der Waals surface area contributed by atoms with Gasteiger partial charge in [0.15, 0.2) is 0 Å². The minimum absolute atomic E-state index is 0.0257. The quantitative estimate of drug-likeness (QED) is 0.515. The molecule has 172 valence electrons. The summed E-state index contributed by atoms with van der Waals surface area (Å²) >= 11 is 0. The van der Waals surface area contributed by atoms with Crippen molar-refractivity contribution in [2.24, 2.45) is 0 Å². The number of hydrogen-bond acceptors (Lipinski definition) is 7. The van der Waals surface area contributed by atoms with E-state index >= 15 is 0 Å². The van der Waals surface area contributed by atoms with E-state index in [-0.39, 0.29) is 30.0 Å². The van der Waals surface area contributed by atoms with E-state index in [2.05, 4.69) is 31.7 Å². The molecule has 2 aliphatic rings. The first-order valence-corrected chi connectivity index (χ1v) is 12.7. The van der Waals surface area contributed by atoms with Gasteiger partial charge in [-0.1, -0.05) is 12.8 Å². The van der Waals surface area contributed by atoms with Crippen LogP contribution in [0.15, 0.2) is 24.4 Å². The lowest BCUT2D eigenvalue weighted by atomic mass is 10.2. The second-order valence-electron chi connectivity index (χ2n) is 8.45. The number of fused-ring (bicyclic) bond motifs is 1. The van der Waals surface area contributed by atoms with Gasteiger partial charge in [-0.05, 0) is 43.9 Å². The molecule has 3 heterocycles. The Morgan fingerprint density at radius 1 is 1.18 bits per heavy atom. The monoisotopic (exact) mass is 469 g/mol. The molecular weight excluding hydrogens is 445 g/mol. The van der Waals surface area contributed by atoms with E-state index in [4.69, 9.17) is 0 Å². The molecule has 1 saturated heterocycles. The Labute approximate surface area is 191 Å². The number of aromatic nitrogens is 3. The maximum absolute atomic E-state index is 14.9. The van der Waals surface area contributed by atoms with Crippen molar-refractivity contribution < 1.29 is 12.8 Å². The van der Waals surface area contributed by atoms with Gasteiger partial charge >= 0.3 is 0 Å². The maximum atomic E-state index is 14.9. The van der Waals surface area contributed by atoms with E-state index in [1.807, 2.05) is 0 Å². The van der Waals surface area contributed by atoms with E-state index in [1.54, 1.807) is 12.3 Å². The molecule has 9 nitrogen and oxygen atoms in total. The summed E-state index contributed by atoms with van der Waals surface area (Å²) in [6, 6.07) is 6.75. The van der Waals surface area contributed by atoms with Gasteiger partial charge < -0.3 is 15.6 Å². The smallest absolute Gasteiger partial charge is 0.235 e. The molecule has 0 bridgehead atoms. The summed E-state index contributed by atoms with van der Waals surface area (Å²) in [4.78, 5) is 12.0. The molecule has 2 fully saturated rings. The molecule has 0 atom stereocenters. The van der Waals surface area contributed by atoms with Gasteiger partial charge in [0.1, 0.15) is 23.4 Å². The lowest BCUT2D eigenvalue weighted by Crippen LogP contribution is -2.38. The van der Waals surface area contributed by atoms with Crippen LogP contribution >= 0.6 is 0 Å². The van der Waals surface area contributed by atoms with Crippen LogP contribution in [-0.2, 0) is 10.0 Å². The van der Waals surface area contributed by atoms with Gasteiger partial charge in [-0.25, -0.2) is 12.8 Å². The highest BCUT2D eigenvalue weighted by atomic mass is 32.2. The Morgan fingerprint density at radius 2 is 2.00 bits per heavy atom. The van der Waals surface area contributed by atoms with Crippen LogP contribution in [0.1, 0.15) is 44.1 Å². The molecule has 1 aliphatic heterocycles. The van der Waals surface area contributed by atoms with Gasteiger partial charge in [0.2, 0.25) is 16.0 Å². The zero-order chi connectivity index (χ0) is 23.0. The fraction of sp³-hybridized carbons (Fsp3) is 0.409. The molecule has 0 unspecified atom stereocenters. The Morgan fingerprint density at radius 3 is 2.73 bits per heavy atom. The fourth-order valence-electron chi connectivity index (χ4n) is 4.52. The number of rotatable bonds is 5. The number of anilines is 4. The Kier molecular flexibility index (Phi) is 5.54. The lowest BCUT2D eigenvalue weighted by molar-refractivity contribution is 0.568. The van der Waals surface area contributed by atoms with Gasteiger partial charge in [0.25, 0.3) is 0 Å². The molecule has 0 amide bonds. The first kappa shape index (κ1) is 21.5. The van der Waals surface area contributed by atoms with Gasteiger partial charge in [-0.2, -0.15) is 15.2 Å². The zero-order valence-corrected chi connectivity index (χ0v) is 18.8. The minimum atomic E-state index is -3.50. The van der Waals surface area contributed by atoms with Crippen molar-refractivity contribution >= 4 is 44.2 Å². The number of aromatic amines is 1. The predicted octanol–water partition coefficient (Wildman–Crippen LogP) is 4.00. The highest BCUT2D eigenvalue weighted by Gasteiger charge is 2.28. The molecule has 1 aliphatic carbocycles. The highest BCUT2D eigenvalue weighted by Crippen LogP contribution is 2.32. The second kappa shape index (κ2) is 8.51. The van der Waals surface area contributed by atoms with E-state index in [1.165, 1.54) is 12.1 Å². The van der Waals surface area contributed by atoms with Crippen LogP contribution in [0.25, 0.3) is 11.0 Å². The average Bonchev–Trinajstić information content (AvgIpc) is 3.44. The van der Waals surface area contributed by atoms with Crippen molar-refractivity contribution in [1.82, 2.24) is 15.0 Å². The van der Waals surface area contributed by atoms with E-state index in [0.717, 1.165) is 30.0 Å². The number of sulfonamides is 1. The summed E-state index contributed by atoms with van der Waals surface area (Å²) in [6.07, 6.45) is 7.24. The zero-order valence-electron chi connectivity index (χ0n) is 17.9. The number of H-pyrrole nitrogens is 1. The second-order valence-corrected chi connectivity index (χ2v) is 10.5. The fourth-order valence-corrected chi connectivity index (χ4v) is 6.16. The number of halogens is 1. The molecule has 1 saturated carbocycles. The maximum Gasteiger partial charge on any atom is 0.235 e. The molecular formula is C22H24FN7O2S. The van der Waals surface area contributed by atoms with Crippen LogP contribution in [0.5, 0.6) is 0 Å². The summed E-state index contributed by atoms with van der Waals surface area (Å²) in [5.41, 5.74) is 1.39. The van der Waals surface area contributed by atoms with Gasteiger partial charge in [0.05, 0.1) is 22.4 Å². The number of nitrogens with one attached hydrogen (secondary N) is 3. The van der Waals surface area contributed by atoms with Crippen LogP contribution in [0, 0.1) is 17.1 Å². The first-order chi connectivity index (χ1) is 15.9. The van der Waals surface area contributed by atoms with Gasteiger partial charge in [-0.15, -0.1) is 0 Å². The van der Waals surface area contributed by atoms with E-state index in [0.29, 0.717) is 40.9 Å². The number of nitriles is 1. The van der Waals surface area contributed by atoms with Crippen molar-refractivity contribution in [1.29, 1.82) is 5.26 Å². The third-order valence-corrected chi connectivity index (χ3v) is 8.03. The highest BCUT2D eigenvalue weighted by molar-refractivity contribution is 7.92. The first-order valence-electron chi connectivity index (χ1n) is 11.1. The summed E-state index contributed by atoms with van der Waals surface area (Å²) in [7, 11) is -3.50. The number of benzene rings is 1. The van der Waals surface area contributed by atoms with Crippen LogP contribution < -0.4 is 14.9 Å². The van der Waals surface area contributed by atoms with Crippen molar-refractivity contribution in [3.8, 4) is 6.07 Å². The van der Waals surface area contributed by atoms with Gasteiger partial charge in [-0.3, -0.25) is 4.31 Å². The topological polar surface area (TPSA) is 127 Å². The third kappa shape index (κ3) is 4.18. The Balaban J connectivity index is 1.45. The normalized spacial score (nSPS) is 18.4. The molecule has 2 aromatic heterocycles. The largest absolute Gasteiger partial charge is 0.367 e. The number of nitrogens with zero attached hydrogens (tertiary/aromatic N) is 4. The summed E-state index contributed by atoms with van der Waals surface area (Å²) < 4.78 is 40.7. The Bertz CT molecular complexity index is 1340. The minimum Gasteiger partial charge on any atom is -0.367 e. The van der Waals surface area contributed by atoms with Crippen LogP contribution in [0.3, 0.4) is 0 Å². The van der Waals surface area contributed by atoms with Crippen LogP contribution in [0.4, 0.5) is 27.5 Å². The molecule has 1 aromatic carbocycles. The molecule has 33 heavy (non-hydrogen) atoms.